The number of nitrogens with one attached hydrogen (secondary N) is 3. The molecule has 4 fully saturated rings. The van der Waals surface area contributed by atoms with Crippen LogP contribution in [0.25, 0.3) is 0 Å². The lowest BCUT2D eigenvalue weighted by atomic mass is 10.2. The molecule has 61 heavy (non-hydrogen) atoms. The lowest BCUT2D eigenvalue weighted by molar-refractivity contribution is -0.136. The number of piperazine rings is 2. The van der Waals surface area contributed by atoms with E-state index in [1.165, 1.54) is 0 Å². The Balaban J connectivity index is 0.000000376. The largest absolute Gasteiger partial charge is 0.442 e. The summed E-state index contributed by atoms with van der Waals surface area (Å²) < 4.78 is 259. The van der Waals surface area contributed by atoms with Crippen LogP contribution in [0.2, 0.25) is 0 Å². The zero-order valence-electron chi connectivity index (χ0n) is 57.5. The highest BCUT2D eigenvalue weighted by molar-refractivity contribution is 7.59. The molecule has 4 heterocycles. The van der Waals surface area contributed by atoms with Crippen LogP contribution in [-0.4, -0.2) is 132 Å². The van der Waals surface area contributed by atoms with Gasteiger partial charge in [0.2, 0.25) is 17.7 Å². The number of halogens is 2. The molecule has 0 saturated carbocycles. The number of amides is 5. The van der Waals surface area contributed by atoms with E-state index in [2.05, 4.69) is 9.47 Å². The summed E-state index contributed by atoms with van der Waals surface area (Å²) in [6.45, 7) is -40.8. The highest BCUT2D eigenvalue weighted by Gasteiger charge is 2.34. The first-order valence-electron chi connectivity index (χ1n) is 29.7. The van der Waals surface area contributed by atoms with Crippen LogP contribution >= 0.6 is 27.0 Å². The van der Waals surface area contributed by atoms with Gasteiger partial charge in [0.05, 0.1) is 85.5 Å². The van der Waals surface area contributed by atoms with E-state index in [0.717, 1.165) is 19.9 Å². The lowest BCUT2D eigenvalue weighted by Gasteiger charge is -2.36. The van der Waals surface area contributed by atoms with Gasteiger partial charge in [-0.15, -0.1) is 0 Å². The summed E-state index contributed by atoms with van der Waals surface area (Å²) in [5.41, 5.74) is -2.96. The van der Waals surface area contributed by atoms with Gasteiger partial charge in [0, 0.05) is 71.3 Å². The Labute approximate surface area is 404 Å². The molecule has 0 unspecified atom stereocenters. The van der Waals surface area contributed by atoms with Crippen molar-refractivity contribution in [3.63, 3.8) is 0 Å². The third-order valence-corrected chi connectivity index (χ3v) is 7.33. The molecule has 3 aromatic rings. The standard InChI is InChI=1S/C25H29FN4O5.C16H21FN4O3.2H2S/c1-18(31)27-14-21-15-30(25(33)35-21)20-7-8-23(22(26)13-20)28-9-11-29(12-10-28)24(32)17-34-16-19-5-3-2-4-6-19;1-11(22)19-9-13-10-21(16(23)24-13)12-2-3-15(14(17)8-12)20-6-4-18-5-7-20;;/h2-8,13,21H,9-12,14-17H2,1H3,(H,27,31);2-3,8,13,18H,4-7,9-10H2,1H3,(H,19,22);2*1H2/t21-;13-;;/m00../s1/i9D2,10D2,11D2,12D2,14D2,15D2,21D;4D2,5D2,6D2,7D2,9D2,10D2,13D;;. The molecule has 4 aliphatic heterocycles. The molecule has 7 rings (SSSR count). The first-order chi connectivity index (χ1) is 38.2. The SMILES string of the molecule is S.S.[2H]C1([2H])N(C(=O)COCc2ccccc2)C([2H])([2H])C([2H])([2H])N(c2ccc(N3C(=O)O[C@@]([2H])(C([2H])([2H])NC(C)=O)C3([2H])[2H])cc2F)C1([2H])[2H].[2H]C1([2H])NC([2H])([2H])C([2H])([2H])N(c2ccc(N3C(=O)O[C@@]([2H])(C([2H])([2H])NC(C)=O)C3([2H])[2H])cc2F)C1([2H])[2H]. The van der Waals surface area contributed by atoms with Crippen molar-refractivity contribution in [1.29, 1.82) is 0 Å². The zero-order valence-corrected chi connectivity index (χ0v) is 33.5. The number of ether oxygens (including phenoxy) is 3. The van der Waals surface area contributed by atoms with Gasteiger partial charge in [-0.3, -0.25) is 24.2 Å². The quantitative estimate of drug-likeness (QED) is 0.245. The van der Waals surface area contributed by atoms with Crippen molar-refractivity contribution < 1.29 is 82.6 Å². The Morgan fingerprint density at radius 3 is 1.70 bits per heavy atom. The van der Waals surface area contributed by atoms with E-state index in [1.807, 2.05) is 0 Å². The molecule has 0 radical (unpaired) electrons. The number of hydrogen-bond acceptors (Lipinski definition) is 11. The van der Waals surface area contributed by atoms with Crippen LogP contribution in [-0.2, 0) is 35.2 Å². The van der Waals surface area contributed by atoms with Gasteiger partial charge in [-0.05, 0) is 42.0 Å². The fraction of sp³-hybridized carbons (Fsp3) is 0.439. The molecule has 0 spiro atoms. The van der Waals surface area contributed by atoms with Crippen molar-refractivity contribution >= 4 is 79.6 Å². The molecule has 0 aromatic heterocycles. The average Bonchev–Trinajstić information content (AvgIpc) is 1.45. The van der Waals surface area contributed by atoms with Crippen molar-refractivity contribution in [2.75, 3.05) is 104 Å². The van der Waals surface area contributed by atoms with Crippen LogP contribution in [0.3, 0.4) is 0 Å². The summed E-state index contributed by atoms with van der Waals surface area (Å²) in [7, 11) is 0. The van der Waals surface area contributed by atoms with Crippen LogP contribution in [0.4, 0.5) is 41.1 Å². The lowest BCUT2D eigenvalue weighted by Crippen LogP contribution is -2.50. The minimum Gasteiger partial charge on any atom is -0.442 e. The van der Waals surface area contributed by atoms with Gasteiger partial charge in [-0.2, -0.15) is 27.0 Å². The van der Waals surface area contributed by atoms with Crippen LogP contribution in [0, 0.1) is 11.6 Å². The van der Waals surface area contributed by atoms with Crippen molar-refractivity contribution in [3.05, 3.63) is 83.9 Å². The molecule has 3 N–H and O–H groups in total. The maximum Gasteiger partial charge on any atom is 0.414 e. The Hall–Kier alpha value is -5.31. The maximum absolute atomic E-state index is 15.8. The van der Waals surface area contributed by atoms with Gasteiger partial charge in [-0.25, -0.2) is 18.4 Å². The van der Waals surface area contributed by atoms with E-state index in [9.17, 15) is 24.0 Å². The van der Waals surface area contributed by atoms with E-state index < -0.39 is 161 Å². The van der Waals surface area contributed by atoms with Crippen molar-refractivity contribution in [3.8, 4) is 0 Å². The van der Waals surface area contributed by atoms with Gasteiger partial charge in [0.15, 0.2) is 0 Å². The van der Waals surface area contributed by atoms with E-state index >= 15 is 8.78 Å². The number of rotatable bonds is 12. The maximum atomic E-state index is 15.8. The van der Waals surface area contributed by atoms with Crippen molar-refractivity contribution in [1.82, 2.24) is 20.9 Å². The van der Waals surface area contributed by atoms with Gasteiger partial charge in [-0.1, -0.05) is 30.3 Å². The number of benzene rings is 3. The molecule has 4 saturated heterocycles. The summed E-state index contributed by atoms with van der Waals surface area (Å²) >= 11 is 0. The number of carbonyl (C=O) groups is 5. The second-order valence-electron chi connectivity index (χ2n) is 11.6. The predicted octanol–water partition coefficient (Wildman–Crippen LogP) is 3.07. The fourth-order valence-electron chi connectivity index (χ4n) is 4.72. The molecule has 2 atom stereocenters. The molecular weight excluding hydrogens is 835 g/mol. The Morgan fingerprint density at radius 1 is 0.770 bits per heavy atom. The van der Waals surface area contributed by atoms with Crippen LogP contribution in [0.15, 0.2) is 66.7 Å². The summed E-state index contributed by atoms with van der Waals surface area (Å²) in [5.74, 6) is -6.71. The van der Waals surface area contributed by atoms with E-state index in [-0.39, 0.29) is 58.1 Å². The second-order valence-corrected chi connectivity index (χ2v) is 11.6. The van der Waals surface area contributed by atoms with E-state index in [4.69, 9.17) is 40.4 Å². The number of anilines is 4. The van der Waals surface area contributed by atoms with Crippen LogP contribution in [0.5, 0.6) is 0 Å². The molecule has 3 aromatic carbocycles. The molecular formula is C41H54F2N8O8S2. The number of carbonyl (C=O) groups excluding carboxylic acids is 5. The number of nitrogens with zero attached hydrogens (tertiary/aromatic N) is 5. The van der Waals surface area contributed by atoms with Crippen LogP contribution < -0.4 is 35.6 Å². The Kier molecular flexibility index (Phi) is 8.78. The van der Waals surface area contributed by atoms with Gasteiger partial charge in [0.25, 0.3) is 0 Å². The number of hydrogen-bond donors (Lipinski definition) is 3. The molecule has 0 bridgehead atoms. The minimum absolute atomic E-state index is 0. The summed E-state index contributed by atoms with van der Waals surface area (Å²) in [5, 5.41) is 4.93. The summed E-state index contributed by atoms with van der Waals surface area (Å²) in [6.07, 6.45) is -10.2. The predicted molar refractivity (Wildman–Crippen MR) is 236 cm³/mol. The Bertz CT molecular complexity index is 3130. The Morgan fingerprint density at radius 2 is 1.25 bits per heavy atom. The monoisotopic (exact) mass is 915 g/mol. The summed E-state index contributed by atoms with van der Waals surface area (Å²) in [4.78, 5) is 60.7. The third kappa shape index (κ3) is 13.3. The first-order valence-corrected chi connectivity index (χ1v) is 16.7. The zero-order chi connectivity index (χ0) is 65.2. The molecule has 332 valence electrons. The van der Waals surface area contributed by atoms with E-state index in [0.29, 0.717) is 35.9 Å². The van der Waals surface area contributed by atoms with Gasteiger partial charge in [0.1, 0.15) is 30.4 Å². The highest BCUT2D eigenvalue weighted by Crippen LogP contribution is 2.30. The number of cyclic esters (lactones) is 2. The van der Waals surface area contributed by atoms with Gasteiger partial charge < -0.3 is 44.9 Å². The second kappa shape index (κ2) is 23.1. The highest BCUT2D eigenvalue weighted by atomic mass is 32.1. The van der Waals surface area contributed by atoms with Crippen molar-refractivity contribution in [2.24, 2.45) is 0 Å². The molecule has 4 aliphatic rings. The summed E-state index contributed by atoms with van der Waals surface area (Å²) in [6, 6.07) is 11.8. The smallest absolute Gasteiger partial charge is 0.414 e. The normalized spacial score (nSPS) is 36.0. The van der Waals surface area contributed by atoms with E-state index in [1.54, 1.807) is 46.3 Å². The minimum atomic E-state index is -3.70. The molecule has 0 aliphatic carbocycles. The average molecular weight is 915 g/mol. The molecule has 16 nitrogen and oxygen atoms in total. The third-order valence-electron chi connectivity index (χ3n) is 7.33. The molecule has 5 amide bonds. The topological polar surface area (TPSA) is 165 Å². The van der Waals surface area contributed by atoms with Gasteiger partial charge >= 0.3 is 12.2 Å². The first kappa shape index (κ1) is 23.2. The fourth-order valence-corrected chi connectivity index (χ4v) is 4.72. The van der Waals surface area contributed by atoms with Crippen molar-refractivity contribution in [2.45, 2.75) is 32.6 Å². The van der Waals surface area contributed by atoms with Crippen LogP contribution in [0.1, 0.15) is 55.1 Å². The molecule has 20 heteroatoms.